The smallest absolute Gasteiger partial charge is 0.276 e. The molecule has 0 aliphatic carbocycles. The Bertz CT molecular complexity index is 2630. The number of rotatable bonds is 7. The van der Waals surface area contributed by atoms with Crippen LogP contribution in [0.2, 0.25) is 20.1 Å². The first-order valence-electron chi connectivity index (χ1n) is 21.3. The number of ether oxygens (including phenoxy) is 2. The standard InChI is InChI=1S/C22H25Cl2N5O2.C15H21N5O2.C7H4Cl2O/c1-13-10-28(11-14-6-16(23)8-17(24)7-14)12-18(13)20-26-22(30)19-9-25-21(29(19)27-20)15-2-4-31-5-3-15;1-9-6-16-7-11(9)13-18-15(21)12-8-17-14(20(12)19-13)10-2-4-22-5-3-10;8-6-1-5(4-10)2-7(9)3-6/h6-9,13,15,18H,2-5,10-12H2,1H3,(H,26,27,30);8-11,16H,2-7H2,1H3,(H,18,19,21);1-4H. The van der Waals surface area contributed by atoms with Gasteiger partial charge in [0.2, 0.25) is 0 Å². The number of halogens is 4. The highest BCUT2D eigenvalue weighted by Gasteiger charge is 2.34. The van der Waals surface area contributed by atoms with Gasteiger partial charge in [0, 0.05) is 102 Å². The van der Waals surface area contributed by atoms with Crippen LogP contribution in [0.3, 0.4) is 0 Å². The molecule has 4 unspecified atom stereocenters. The Hall–Kier alpha value is -4.19. The molecule has 334 valence electrons. The van der Waals surface area contributed by atoms with E-state index in [1.165, 1.54) is 0 Å². The molecule has 0 radical (unpaired) electrons. The van der Waals surface area contributed by atoms with Gasteiger partial charge in [-0.25, -0.2) is 19.0 Å². The fourth-order valence-electron chi connectivity index (χ4n) is 9.00. The normalized spacial score (nSPS) is 22.2. The number of hydrogen-bond donors (Lipinski definition) is 3. The number of aromatic amines is 2. The Morgan fingerprint density at radius 2 is 1.16 bits per heavy atom. The van der Waals surface area contributed by atoms with E-state index in [9.17, 15) is 14.4 Å². The summed E-state index contributed by atoms with van der Waals surface area (Å²) in [6.07, 6.45) is 7.65. The fraction of sp³-hybridized carbons (Fsp3) is 0.477. The summed E-state index contributed by atoms with van der Waals surface area (Å²) in [6.45, 7) is 11.6. The van der Waals surface area contributed by atoms with E-state index in [0.717, 1.165) is 114 Å². The van der Waals surface area contributed by atoms with Crippen LogP contribution in [-0.4, -0.2) is 103 Å². The van der Waals surface area contributed by atoms with Gasteiger partial charge in [-0.15, -0.1) is 0 Å². The number of H-pyrrole nitrogens is 2. The molecule has 63 heavy (non-hydrogen) atoms. The number of imidazole rings is 2. The van der Waals surface area contributed by atoms with Gasteiger partial charge in [-0.3, -0.25) is 19.3 Å². The number of aldehydes is 1. The Labute approximate surface area is 383 Å². The zero-order chi connectivity index (χ0) is 44.2. The van der Waals surface area contributed by atoms with E-state index in [0.29, 0.717) is 60.7 Å². The molecule has 4 atom stereocenters. The molecule has 4 aromatic heterocycles. The highest BCUT2D eigenvalue weighted by molar-refractivity contribution is 6.35. The van der Waals surface area contributed by atoms with Crippen LogP contribution >= 0.6 is 46.4 Å². The van der Waals surface area contributed by atoms with Gasteiger partial charge in [0.1, 0.15) is 29.6 Å². The average Bonchev–Trinajstić information content (AvgIpc) is 4.07. The minimum Gasteiger partial charge on any atom is -0.381 e. The lowest BCUT2D eigenvalue weighted by Crippen LogP contribution is -2.24. The number of aromatic nitrogens is 8. The molecule has 3 N–H and O–H groups in total. The zero-order valence-electron chi connectivity index (χ0n) is 35.0. The van der Waals surface area contributed by atoms with E-state index < -0.39 is 0 Å². The molecule has 19 heteroatoms. The molecule has 10 rings (SSSR count). The summed E-state index contributed by atoms with van der Waals surface area (Å²) in [4.78, 5) is 52.7. The molecule has 0 bridgehead atoms. The highest BCUT2D eigenvalue weighted by Crippen LogP contribution is 2.33. The highest BCUT2D eigenvalue weighted by atomic mass is 35.5. The minimum absolute atomic E-state index is 0.102. The van der Waals surface area contributed by atoms with Gasteiger partial charge < -0.3 is 24.8 Å². The second-order valence-corrected chi connectivity index (χ2v) is 18.6. The number of carbonyl (C=O) groups is 1. The van der Waals surface area contributed by atoms with E-state index >= 15 is 0 Å². The first-order chi connectivity index (χ1) is 30.4. The summed E-state index contributed by atoms with van der Waals surface area (Å²) in [5, 5.41) is 15.2. The molecular formula is C44H50Cl4N10O5. The van der Waals surface area contributed by atoms with Crippen molar-refractivity contribution in [2.75, 3.05) is 52.6 Å². The minimum atomic E-state index is -0.136. The van der Waals surface area contributed by atoms with Crippen LogP contribution in [0.5, 0.6) is 0 Å². The molecule has 6 aromatic rings. The van der Waals surface area contributed by atoms with Crippen molar-refractivity contribution in [2.24, 2.45) is 11.8 Å². The van der Waals surface area contributed by atoms with Crippen LogP contribution in [0.25, 0.3) is 11.0 Å². The van der Waals surface area contributed by atoms with Crippen molar-refractivity contribution in [1.82, 2.24) is 49.4 Å². The number of nitrogens with zero attached hydrogens (tertiary/aromatic N) is 7. The van der Waals surface area contributed by atoms with E-state index in [-0.39, 0.29) is 28.9 Å². The average molecular weight is 941 g/mol. The maximum Gasteiger partial charge on any atom is 0.276 e. The lowest BCUT2D eigenvalue weighted by molar-refractivity contribution is 0.0831. The first-order valence-corrected chi connectivity index (χ1v) is 22.9. The Morgan fingerprint density at radius 1 is 0.667 bits per heavy atom. The molecule has 4 aliphatic rings. The van der Waals surface area contributed by atoms with E-state index in [1.54, 1.807) is 45.7 Å². The number of likely N-dealkylation sites (tertiary alicyclic amines) is 1. The molecule has 0 spiro atoms. The van der Waals surface area contributed by atoms with Gasteiger partial charge >= 0.3 is 0 Å². The van der Waals surface area contributed by atoms with Crippen LogP contribution < -0.4 is 16.4 Å². The van der Waals surface area contributed by atoms with E-state index in [2.05, 4.69) is 44.0 Å². The maximum absolute atomic E-state index is 12.8. The van der Waals surface area contributed by atoms with Gasteiger partial charge in [-0.2, -0.15) is 10.2 Å². The number of hydrogen-bond acceptors (Lipinski definition) is 11. The van der Waals surface area contributed by atoms with Crippen LogP contribution in [0.4, 0.5) is 0 Å². The fourth-order valence-corrected chi connectivity index (χ4v) is 10.1. The third-order valence-corrected chi connectivity index (χ3v) is 13.2. The molecule has 2 aromatic carbocycles. The van der Waals surface area contributed by atoms with Crippen molar-refractivity contribution >= 4 is 63.7 Å². The van der Waals surface area contributed by atoms with Gasteiger partial charge in [0.15, 0.2) is 11.0 Å². The summed E-state index contributed by atoms with van der Waals surface area (Å²) >= 11 is 23.5. The second-order valence-electron chi connectivity index (χ2n) is 16.9. The Kier molecular flexibility index (Phi) is 14.6. The predicted octanol–water partition coefficient (Wildman–Crippen LogP) is 7.29. The number of carbonyl (C=O) groups excluding carboxylic acids is 1. The summed E-state index contributed by atoms with van der Waals surface area (Å²) < 4.78 is 14.4. The van der Waals surface area contributed by atoms with Gasteiger partial charge in [0.05, 0.1) is 12.4 Å². The quantitative estimate of drug-likeness (QED) is 0.137. The monoisotopic (exact) mass is 938 g/mol. The molecule has 8 heterocycles. The molecule has 4 saturated heterocycles. The third-order valence-electron chi connectivity index (χ3n) is 12.3. The lowest BCUT2D eigenvalue weighted by Gasteiger charge is -2.21. The molecule has 0 amide bonds. The van der Waals surface area contributed by atoms with E-state index in [4.69, 9.17) is 66.1 Å². The molecule has 0 saturated carbocycles. The van der Waals surface area contributed by atoms with Crippen LogP contribution in [0.1, 0.15) is 102 Å². The zero-order valence-corrected chi connectivity index (χ0v) is 38.1. The van der Waals surface area contributed by atoms with Crippen molar-refractivity contribution in [3.8, 4) is 0 Å². The lowest BCUT2D eigenvalue weighted by atomic mass is 9.97. The van der Waals surface area contributed by atoms with Gasteiger partial charge in [-0.1, -0.05) is 60.3 Å². The predicted molar refractivity (Wildman–Crippen MR) is 243 cm³/mol. The van der Waals surface area contributed by atoms with Crippen molar-refractivity contribution in [3.05, 3.63) is 124 Å². The summed E-state index contributed by atoms with van der Waals surface area (Å²) in [5.74, 6) is 5.04. The van der Waals surface area contributed by atoms with Crippen LogP contribution in [-0.2, 0) is 16.0 Å². The van der Waals surface area contributed by atoms with Crippen molar-refractivity contribution in [2.45, 2.75) is 69.7 Å². The Balaban J connectivity index is 0.000000147. The molecule has 15 nitrogen and oxygen atoms in total. The van der Waals surface area contributed by atoms with Gasteiger partial charge in [-0.05, 0) is 86.0 Å². The Morgan fingerprint density at radius 3 is 1.63 bits per heavy atom. The number of fused-ring (bicyclic) bond motifs is 2. The largest absolute Gasteiger partial charge is 0.381 e. The van der Waals surface area contributed by atoms with Crippen molar-refractivity contribution in [1.29, 1.82) is 0 Å². The summed E-state index contributed by atoms with van der Waals surface area (Å²) in [5.41, 5.74) is 2.37. The second kappa shape index (κ2) is 20.3. The van der Waals surface area contributed by atoms with Crippen molar-refractivity contribution < 1.29 is 14.3 Å². The number of nitrogens with one attached hydrogen (secondary N) is 3. The summed E-state index contributed by atoms with van der Waals surface area (Å²) in [6, 6.07) is 10.3. The molecule has 4 fully saturated rings. The first kappa shape index (κ1) is 45.4. The topological polar surface area (TPSA) is 177 Å². The van der Waals surface area contributed by atoms with E-state index in [1.807, 2.05) is 12.1 Å². The third kappa shape index (κ3) is 10.7. The maximum atomic E-state index is 12.8. The van der Waals surface area contributed by atoms with Crippen LogP contribution in [0.15, 0.2) is 58.4 Å². The molecular weight excluding hydrogens is 890 g/mol. The van der Waals surface area contributed by atoms with Crippen LogP contribution in [0, 0.1) is 11.8 Å². The SMILES string of the molecule is CC1CN(Cc2cc(Cl)cc(Cl)c2)CC1c1nn2c(C3CCOCC3)ncc2c(=O)[nH]1.CC1CNCC1c1nn2c(C3CCOCC3)ncc2c(=O)[nH]1.O=Cc1cc(Cl)cc(Cl)c1. The van der Waals surface area contributed by atoms with Gasteiger partial charge in [0.25, 0.3) is 11.1 Å². The summed E-state index contributed by atoms with van der Waals surface area (Å²) in [7, 11) is 0. The molecule has 4 aliphatic heterocycles. The number of benzene rings is 2. The van der Waals surface area contributed by atoms with Crippen molar-refractivity contribution in [3.63, 3.8) is 0 Å².